The number of aliphatic hydroxyl groups excluding tert-OH is 1. The normalized spacial score (nSPS) is 14.2. The second-order valence-corrected chi connectivity index (χ2v) is 35.9. The third-order valence-corrected chi connectivity index (χ3v) is 22.6. The van der Waals surface area contributed by atoms with Gasteiger partial charge in [0.2, 0.25) is 0 Å². The van der Waals surface area contributed by atoms with Gasteiger partial charge >= 0.3 is 39.5 Å². The van der Waals surface area contributed by atoms with Gasteiger partial charge in [-0.25, -0.2) is 9.13 Å². The molecule has 0 amide bonds. The van der Waals surface area contributed by atoms with Gasteiger partial charge in [0.1, 0.15) is 19.3 Å². The predicted octanol–water partition coefficient (Wildman–Crippen LogP) is 26.3. The highest BCUT2D eigenvalue weighted by Gasteiger charge is 2.31. The van der Waals surface area contributed by atoms with Gasteiger partial charge in [-0.2, -0.15) is 0 Å². The zero-order chi connectivity index (χ0) is 78.1. The van der Waals surface area contributed by atoms with Crippen LogP contribution in [-0.2, 0) is 65.4 Å². The Hall–Kier alpha value is -1.94. The van der Waals surface area contributed by atoms with Crippen LogP contribution >= 0.6 is 15.6 Å². The second-order valence-electron chi connectivity index (χ2n) is 33.0. The van der Waals surface area contributed by atoms with Crippen LogP contribution in [0.15, 0.2) is 0 Å². The molecule has 0 aliphatic rings. The molecule has 0 bridgehead atoms. The van der Waals surface area contributed by atoms with E-state index in [0.29, 0.717) is 25.7 Å². The van der Waals surface area contributed by atoms with Crippen molar-refractivity contribution in [2.24, 2.45) is 23.7 Å². The minimum absolute atomic E-state index is 0.107. The summed E-state index contributed by atoms with van der Waals surface area (Å²) in [6.07, 6.45) is 65.3. The molecule has 0 aliphatic heterocycles. The van der Waals surface area contributed by atoms with Gasteiger partial charge in [-0.15, -0.1) is 0 Å². The average Bonchev–Trinajstić information content (AvgIpc) is 0.902. The molecule has 0 aromatic heterocycles. The van der Waals surface area contributed by atoms with E-state index in [2.05, 4.69) is 55.4 Å². The van der Waals surface area contributed by atoms with Gasteiger partial charge in [-0.3, -0.25) is 37.3 Å². The molecule has 0 saturated heterocycles. The molecule has 3 unspecified atom stereocenters. The maximum absolute atomic E-state index is 13.1. The Bertz CT molecular complexity index is 2060. The van der Waals surface area contributed by atoms with Gasteiger partial charge in [-0.1, -0.05) is 402 Å². The summed E-state index contributed by atoms with van der Waals surface area (Å²) < 4.78 is 68.9. The summed E-state index contributed by atoms with van der Waals surface area (Å²) in [5.74, 6) is 1.05. The van der Waals surface area contributed by atoms with Gasteiger partial charge in [0.05, 0.1) is 26.4 Å². The lowest BCUT2D eigenvalue weighted by molar-refractivity contribution is -0.161. The molecule has 0 rings (SSSR count). The van der Waals surface area contributed by atoms with Gasteiger partial charge in [0, 0.05) is 25.7 Å². The summed E-state index contributed by atoms with van der Waals surface area (Å²) in [5.41, 5.74) is 0. The third-order valence-electron chi connectivity index (χ3n) is 20.7. The molecular formula is C87H170O17P2. The first-order chi connectivity index (χ1) is 51.1. The van der Waals surface area contributed by atoms with Crippen molar-refractivity contribution in [1.29, 1.82) is 0 Å². The van der Waals surface area contributed by atoms with Crippen molar-refractivity contribution >= 4 is 39.5 Å². The standard InChI is InChI=1S/C87H170O17P2/c1-9-80(8)66-58-50-45-46-52-60-68-85(90)98-74-83(104-87(92)70-61-53-43-37-31-25-17-13-11-10-12-15-21-27-33-39-47-55-63-77(2)3)76-102-106(95,96)100-72-81(88)71-99-105(93,94)101-75-82(73-97-84(89)67-59-51-42-36-30-24-20-19-23-29-35-41-49-57-65-79(6)7)103-86(91)69-62-54-44-38-32-26-18-14-16-22-28-34-40-48-56-64-78(4)5/h77-83,88H,9-76H2,1-8H3,(H,93,94)(H,95,96)/t80?,81-,82-,83-/m1/s1. The number of ether oxygens (including phenoxy) is 4. The summed E-state index contributed by atoms with van der Waals surface area (Å²) in [7, 11) is -9.93. The first kappa shape index (κ1) is 104. The smallest absolute Gasteiger partial charge is 0.462 e. The van der Waals surface area contributed by atoms with Crippen LogP contribution in [0.25, 0.3) is 0 Å². The van der Waals surface area contributed by atoms with Crippen molar-refractivity contribution in [3.8, 4) is 0 Å². The average molecular weight is 1550 g/mol. The zero-order valence-electron chi connectivity index (χ0n) is 70.1. The largest absolute Gasteiger partial charge is 0.472 e. The third kappa shape index (κ3) is 78.7. The predicted molar refractivity (Wildman–Crippen MR) is 437 cm³/mol. The molecule has 19 heteroatoms. The maximum Gasteiger partial charge on any atom is 0.472 e. The van der Waals surface area contributed by atoms with Gasteiger partial charge in [0.15, 0.2) is 12.2 Å². The van der Waals surface area contributed by atoms with Gasteiger partial charge in [-0.05, 0) is 49.4 Å². The summed E-state index contributed by atoms with van der Waals surface area (Å²) in [6, 6.07) is 0. The van der Waals surface area contributed by atoms with Crippen LogP contribution in [0.4, 0.5) is 0 Å². The molecule has 0 aliphatic carbocycles. The number of unbranched alkanes of at least 4 members (excludes halogenated alkanes) is 49. The maximum atomic E-state index is 13.1. The molecule has 630 valence electrons. The Morgan fingerprint density at radius 1 is 0.264 bits per heavy atom. The quantitative estimate of drug-likeness (QED) is 0.0222. The lowest BCUT2D eigenvalue weighted by Crippen LogP contribution is -2.30. The van der Waals surface area contributed by atoms with Crippen LogP contribution in [0.2, 0.25) is 0 Å². The van der Waals surface area contributed by atoms with Crippen molar-refractivity contribution in [1.82, 2.24) is 0 Å². The van der Waals surface area contributed by atoms with Crippen molar-refractivity contribution in [3.63, 3.8) is 0 Å². The molecule has 0 saturated carbocycles. The number of hydrogen-bond acceptors (Lipinski definition) is 15. The Labute approximate surface area is 651 Å². The number of aliphatic hydroxyl groups is 1. The number of carbonyl (C=O) groups is 4. The van der Waals surface area contributed by atoms with Crippen molar-refractivity contribution in [2.75, 3.05) is 39.6 Å². The first-order valence-electron chi connectivity index (χ1n) is 44.7. The topological polar surface area (TPSA) is 237 Å². The summed E-state index contributed by atoms with van der Waals surface area (Å²) in [5, 5.41) is 10.7. The van der Waals surface area contributed by atoms with Crippen LogP contribution in [0.1, 0.15) is 453 Å². The Kier molecular flexibility index (Phi) is 74.3. The number of rotatable bonds is 84. The van der Waals surface area contributed by atoms with Crippen LogP contribution in [-0.4, -0.2) is 96.7 Å². The Balaban J connectivity index is 5.22. The molecule has 0 spiro atoms. The Morgan fingerprint density at radius 3 is 0.670 bits per heavy atom. The van der Waals surface area contributed by atoms with E-state index < -0.39 is 97.5 Å². The number of phosphoric ester groups is 2. The monoisotopic (exact) mass is 1550 g/mol. The molecule has 17 nitrogen and oxygen atoms in total. The lowest BCUT2D eigenvalue weighted by atomic mass is 10.00. The summed E-state index contributed by atoms with van der Waals surface area (Å²) >= 11 is 0. The fourth-order valence-electron chi connectivity index (χ4n) is 13.5. The Morgan fingerprint density at radius 2 is 0.453 bits per heavy atom. The molecule has 0 heterocycles. The minimum Gasteiger partial charge on any atom is -0.462 e. The molecule has 0 radical (unpaired) electrons. The highest BCUT2D eigenvalue weighted by atomic mass is 31.2. The van der Waals surface area contributed by atoms with Crippen LogP contribution in [0.3, 0.4) is 0 Å². The number of carbonyl (C=O) groups excluding carboxylic acids is 4. The van der Waals surface area contributed by atoms with Crippen molar-refractivity contribution < 1.29 is 80.2 Å². The first-order valence-corrected chi connectivity index (χ1v) is 47.7. The van der Waals surface area contributed by atoms with Crippen LogP contribution < -0.4 is 0 Å². The van der Waals surface area contributed by atoms with E-state index in [-0.39, 0.29) is 25.7 Å². The van der Waals surface area contributed by atoms with E-state index in [4.69, 9.17) is 37.0 Å². The van der Waals surface area contributed by atoms with Crippen LogP contribution in [0.5, 0.6) is 0 Å². The fraction of sp³-hybridized carbons (Fsp3) is 0.954. The second kappa shape index (κ2) is 75.7. The highest BCUT2D eigenvalue weighted by molar-refractivity contribution is 7.47. The molecular weight excluding hydrogens is 1380 g/mol. The van der Waals surface area contributed by atoms with Crippen molar-refractivity contribution in [3.05, 3.63) is 0 Å². The van der Waals surface area contributed by atoms with E-state index in [1.54, 1.807) is 0 Å². The van der Waals surface area contributed by atoms with E-state index in [1.165, 1.54) is 250 Å². The van der Waals surface area contributed by atoms with E-state index >= 15 is 0 Å². The number of hydrogen-bond donors (Lipinski definition) is 3. The molecule has 106 heavy (non-hydrogen) atoms. The van der Waals surface area contributed by atoms with Crippen LogP contribution in [0, 0.1) is 23.7 Å². The zero-order valence-corrected chi connectivity index (χ0v) is 71.9. The molecule has 3 N–H and O–H groups in total. The van der Waals surface area contributed by atoms with Crippen molar-refractivity contribution in [2.45, 2.75) is 472 Å². The minimum atomic E-state index is -4.97. The highest BCUT2D eigenvalue weighted by Crippen LogP contribution is 2.45. The summed E-state index contributed by atoms with van der Waals surface area (Å²) in [6.45, 7) is 14.3. The number of esters is 4. The molecule has 0 aromatic rings. The number of phosphoric acid groups is 2. The van der Waals surface area contributed by atoms with E-state index in [9.17, 15) is 43.2 Å². The van der Waals surface area contributed by atoms with Gasteiger partial charge < -0.3 is 33.8 Å². The van der Waals surface area contributed by atoms with E-state index in [1.807, 2.05) is 0 Å². The molecule has 6 atom stereocenters. The SMILES string of the molecule is CCC(C)CCCCCCCCC(=O)OC[C@H](COP(=O)(O)OC[C@H](O)COP(=O)(O)OC[C@@H](COC(=O)CCCCCCCCCCCCCCCCC(C)C)OC(=O)CCCCCCCCCCCCCCCCCC(C)C)OC(=O)CCCCCCCCCCCCCCCCCCCCC(C)C. The lowest BCUT2D eigenvalue weighted by Gasteiger charge is -2.21. The van der Waals surface area contributed by atoms with E-state index in [0.717, 1.165) is 120 Å². The molecule has 0 aromatic carbocycles. The van der Waals surface area contributed by atoms with Gasteiger partial charge in [0.25, 0.3) is 0 Å². The summed E-state index contributed by atoms with van der Waals surface area (Å²) in [4.78, 5) is 73.3. The fourth-order valence-corrected chi connectivity index (χ4v) is 15.0. The molecule has 0 fully saturated rings.